The summed E-state index contributed by atoms with van der Waals surface area (Å²) >= 11 is 3.13. The molecule has 1 aromatic carbocycles. The first kappa shape index (κ1) is 23.6. The number of carbonyl (C=O) groups excluding carboxylic acids is 2. The van der Waals surface area contributed by atoms with Crippen LogP contribution in [-0.2, 0) is 19.6 Å². The fourth-order valence-corrected chi connectivity index (χ4v) is 3.79. The van der Waals surface area contributed by atoms with Gasteiger partial charge in [-0.2, -0.15) is 21.6 Å². The van der Waals surface area contributed by atoms with E-state index in [1.54, 1.807) is 0 Å². The summed E-state index contributed by atoms with van der Waals surface area (Å²) in [5.74, 6) is -4.19. The molecule has 12 heteroatoms. The lowest BCUT2D eigenvalue weighted by Crippen LogP contribution is -2.39. The molecule has 1 N–H and O–H groups in total. The highest BCUT2D eigenvalue weighted by Crippen LogP contribution is 2.31. The quantitative estimate of drug-likeness (QED) is 0.357. The minimum absolute atomic E-state index is 0.0756. The summed E-state index contributed by atoms with van der Waals surface area (Å²) in [4.78, 5) is 24.3. The molecular formula is C17H18BrF3O7S. The van der Waals surface area contributed by atoms with E-state index in [0.29, 0.717) is 17.3 Å². The minimum Gasteiger partial charge on any atom is -0.448 e. The lowest BCUT2D eigenvalue weighted by atomic mass is 9.89. The van der Waals surface area contributed by atoms with Gasteiger partial charge in [-0.05, 0) is 47.0 Å². The normalized spacial score (nSPS) is 16.9. The van der Waals surface area contributed by atoms with Gasteiger partial charge in [0, 0.05) is 0 Å². The van der Waals surface area contributed by atoms with Crippen LogP contribution < -0.4 is 4.74 Å². The maximum absolute atomic E-state index is 12.9. The zero-order chi connectivity index (χ0) is 21.8. The predicted molar refractivity (Wildman–Crippen MR) is 98.0 cm³/mol. The Morgan fingerprint density at radius 1 is 1.21 bits per heavy atom. The molecule has 1 unspecified atom stereocenters. The summed E-state index contributed by atoms with van der Waals surface area (Å²) in [6.07, 6.45) is -4.13. The minimum atomic E-state index is -5.21. The van der Waals surface area contributed by atoms with E-state index in [2.05, 4.69) is 20.7 Å². The molecular weight excluding hydrogens is 485 g/mol. The molecule has 0 heterocycles. The Kier molecular flexibility index (Phi) is 7.68. The van der Waals surface area contributed by atoms with Crippen molar-refractivity contribution in [2.24, 2.45) is 5.92 Å². The number of rotatable bonds is 6. The van der Waals surface area contributed by atoms with Gasteiger partial charge in [-0.15, -0.1) is 0 Å². The van der Waals surface area contributed by atoms with Gasteiger partial charge < -0.3 is 9.47 Å². The van der Waals surface area contributed by atoms with Crippen LogP contribution >= 0.6 is 15.9 Å². The zero-order valence-electron chi connectivity index (χ0n) is 14.9. The van der Waals surface area contributed by atoms with Crippen LogP contribution in [0.5, 0.6) is 5.75 Å². The van der Waals surface area contributed by atoms with E-state index in [-0.39, 0.29) is 17.2 Å². The van der Waals surface area contributed by atoms with Gasteiger partial charge in [-0.25, -0.2) is 4.79 Å². The van der Waals surface area contributed by atoms with Crippen molar-refractivity contribution in [3.05, 3.63) is 28.2 Å². The largest absolute Gasteiger partial charge is 0.448 e. The molecule has 0 aromatic heterocycles. The van der Waals surface area contributed by atoms with E-state index >= 15 is 0 Å². The molecule has 2 rings (SSSR count). The molecule has 1 aromatic rings. The second-order valence-corrected chi connectivity index (χ2v) is 8.94. The highest BCUT2D eigenvalue weighted by molar-refractivity contribution is 9.10. The van der Waals surface area contributed by atoms with Crippen molar-refractivity contribution in [3.63, 3.8) is 0 Å². The Hall–Kier alpha value is -1.66. The molecule has 0 bridgehead atoms. The number of benzene rings is 1. The predicted octanol–water partition coefficient (Wildman–Crippen LogP) is 3.91. The first-order chi connectivity index (χ1) is 13.4. The standard InChI is InChI=1S/C17H18BrF3O7S/c18-12-7-6-11(8-13(12)27-15(22)10-4-2-1-3-5-10)16(23)28-14(17(19,20)21)9-29(24,25)26/h6-8,10,14H,1-5,9H2,(H,24,25,26). The molecule has 0 saturated heterocycles. The van der Waals surface area contributed by atoms with Crippen molar-refractivity contribution in [2.45, 2.75) is 44.4 Å². The molecule has 1 aliphatic rings. The Bertz CT molecular complexity index is 864. The Balaban J connectivity index is 2.16. The molecule has 29 heavy (non-hydrogen) atoms. The summed E-state index contributed by atoms with van der Waals surface area (Å²) < 4.78 is 78.8. The number of hydrogen-bond acceptors (Lipinski definition) is 6. The van der Waals surface area contributed by atoms with Crippen LogP contribution in [0.4, 0.5) is 13.2 Å². The molecule has 0 spiro atoms. The maximum Gasteiger partial charge on any atom is 0.426 e. The van der Waals surface area contributed by atoms with Gasteiger partial charge in [-0.3, -0.25) is 9.35 Å². The second kappa shape index (κ2) is 9.43. The summed E-state index contributed by atoms with van der Waals surface area (Å²) in [7, 11) is -5.05. The van der Waals surface area contributed by atoms with Crippen LogP contribution in [0.2, 0.25) is 0 Å². The zero-order valence-corrected chi connectivity index (χ0v) is 17.3. The maximum atomic E-state index is 12.9. The van der Waals surface area contributed by atoms with E-state index in [4.69, 9.17) is 9.29 Å². The van der Waals surface area contributed by atoms with Crippen molar-refractivity contribution in [1.29, 1.82) is 0 Å². The van der Waals surface area contributed by atoms with Crippen molar-refractivity contribution < 1.29 is 45.2 Å². The highest BCUT2D eigenvalue weighted by atomic mass is 79.9. The van der Waals surface area contributed by atoms with E-state index in [1.807, 2.05) is 0 Å². The first-order valence-corrected chi connectivity index (χ1v) is 11.0. The Morgan fingerprint density at radius 2 is 1.83 bits per heavy atom. The third-order valence-electron chi connectivity index (χ3n) is 4.29. The van der Waals surface area contributed by atoms with Gasteiger partial charge in [-0.1, -0.05) is 19.3 Å². The molecule has 1 aliphatic carbocycles. The first-order valence-electron chi connectivity index (χ1n) is 8.61. The van der Waals surface area contributed by atoms with Crippen LogP contribution in [0.1, 0.15) is 42.5 Å². The van der Waals surface area contributed by atoms with E-state index in [0.717, 1.165) is 31.4 Å². The van der Waals surface area contributed by atoms with Gasteiger partial charge >= 0.3 is 18.1 Å². The van der Waals surface area contributed by atoms with Crippen molar-refractivity contribution in [2.75, 3.05) is 5.75 Å². The summed E-state index contributed by atoms with van der Waals surface area (Å²) in [5, 5.41) is 0. The number of ether oxygens (including phenoxy) is 2. The van der Waals surface area contributed by atoms with Gasteiger partial charge in [0.05, 0.1) is 16.0 Å². The van der Waals surface area contributed by atoms with Gasteiger partial charge in [0.1, 0.15) is 11.5 Å². The number of halogens is 4. The van der Waals surface area contributed by atoms with Gasteiger partial charge in [0.25, 0.3) is 10.1 Å². The van der Waals surface area contributed by atoms with Crippen LogP contribution in [0, 0.1) is 5.92 Å². The van der Waals surface area contributed by atoms with E-state index < -0.39 is 40.1 Å². The van der Waals surface area contributed by atoms with E-state index in [9.17, 15) is 31.2 Å². The van der Waals surface area contributed by atoms with Crippen molar-refractivity contribution in [3.8, 4) is 5.75 Å². The Morgan fingerprint density at radius 3 is 2.38 bits per heavy atom. The van der Waals surface area contributed by atoms with Gasteiger partial charge in [0.2, 0.25) is 6.10 Å². The SMILES string of the molecule is O=C(OC(CS(=O)(=O)O)C(F)(F)F)c1ccc(Br)c(OC(=O)C2CCCCC2)c1. The third-order valence-corrected chi connectivity index (χ3v) is 5.67. The second-order valence-electron chi connectivity index (χ2n) is 6.59. The van der Waals surface area contributed by atoms with Gasteiger partial charge in [0.15, 0.2) is 0 Å². The monoisotopic (exact) mass is 502 g/mol. The molecule has 0 aliphatic heterocycles. The fourth-order valence-electron chi connectivity index (χ4n) is 2.82. The average Bonchev–Trinajstić information content (AvgIpc) is 2.61. The van der Waals surface area contributed by atoms with Crippen LogP contribution in [0.15, 0.2) is 22.7 Å². The smallest absolute Gasteiger partial charge is 0.426 e. The summed E-state index contributed by atoms with van der Waals surface area (Å²) in [5.41, 5.74) is -0.385. The highest BCUT2D eigenvalue weighted by Gasteiger charge is 2.45. The molecule has 0 radical (unpaired) electrons. The van der Waals surface area contributed by atoms with E-state index in [1.165, 1.54) is 6.07 Å². The fraction of sp³-hybridized carbons (Fsp3) is 0.529. The van der Waals surface area contributed by atoms with Crippen molar-refractivity contribution >= 4 is 38.0 Å². The number of alkyl halides is 3. The molecule has 1 atom stereocenters. The molecule has 0 amide bonds. The number of carbonyl (C=O) groups is 2. The lowest BCUT2D eigenvalue weighted by Gasteiger charge is -2.21. The molecule has 7 nitrogen and oxygen atoms in total. The van der Waals surface area contributed by atoms with Crippen LogP contribution in [-0.4, -0.2) is 42.9 Å². The van der Waals surface area contributed by atoms with Crippen molar-refractivity contribution in [1.82, 2.24) is 0 Å². The summed E-state index contributed by atoms with van der Waals surface area (Å²) in [6, 6.07) is 3.42. The Labute approximate surface area is 173 Å². The molecule has 1 saturated carbocycles. The molecule has 162 valence electrons. The van der Waals surface area contributed by atoms with Crippen LogP contribution in [0.25, 0.3) is 0 Å². The van der Waals surface area contributed by atoms with Crippen LogP contribution in [0.3, 0.4) is 0 Å². The average molecular weight is 503 g/mol. The lowest BCUT2D eigenvalue weighted by molar-refractivity contribution is -0.197. The summed E-state index contributed by atoms with van der Waals surface area (Å²) in [6.45, 7) is 0. The number of esters is 2. The third kappa shape index (κ3) is 7.27. The molecule has 1 fully saturated rings. The topological polar surface area (TPSA) is 107 Å². The number of hydrogen-bond donors (Lipinski definition) is 1.